The van der Waals surface area contributed by atoms with Gasteiger partial charge in [-0.05, 0) is 55.0 Å². The van der Waals surface area contributed by atoms with Gasteiger partial charge in [-0.1, -0.05) is 38.8 Å². The fraction of sp³-hybridized carbons (Fsp3) is 0.526. The number of rotatable bonds is 7. The summed E-state index contributed by atoms with van der Waals surface area (Å²) in [7, 11) is 0. The third kappa shape index (κ3) is 4.45. The first-order valence-electron chi connectivity index (χ1n) is 8.22. The summed E-state index contributed by atoms with van der Waals surface area (Å²) >= 11 is 0. The maximum atomic E-state index is 12.1. The summed E-state index contributed by atoms with van der Waals surface area (Å²) in [5.74, 6) is 1.47. The van der Waals surface area contributed by atoms with Gasteiger partial charge in [0.25, 0.3) is 0 Å². The van der Waals surface area contributed by atoms with E-state index in [2.05, 4.69) is 26.0 Å². The number of allylic oxidation sites excluding steroid dienone is 2. The van der Waals surface area contributed by atoms with Crippen LogP contribution in [0.4, 0.5) is 0 Å². The molecule has 1 aromatic carbocycles. The van der Waals surface area contributed by atoms with Gasteiger partial charge in [0, 0.05) is 5.92 Å². The van der Waals surface area contributed by atoms with Crippen molar-refractivity contribution in [2.75, 3.05) is 6.61 Å². The second kappa shape index (κ2) is 8.02. The molecule has 0 fully saturated rings. The van der Waals surface area contributed by atoms with Crippen molar-refractivity contribution in [2.24, 2.45) is 5.92 Å². The topological polar surface area (TPSA) is 26.3 Å². The fourth-order valence-electron chi connectivity index (χ4n) is 2.80. The van der Waals surface area contributed by atoms with Crippen molar-refractivity contribution in [3.63, 3.8) is 0 Å². The molecule has 0 radical (unpaired) electrons. The highest BCUT2D eigenvalue weighted by atomic mass is 16.5. The molecule has 0 aromatic heterocycles. The second-order valence-electron chi connectivity index (χ2n) is 5.82. The van der Waals surface area contributed by atoms with Crippen molar-refractivity contribution in [1.29, 1.82) is 0 Å². The number of carbonyl (C=O) groups is 1. The summed E-state index contributed by atoms with van der Waals surface area (Å²) in [6.45, 7) is 5.07. The predicted octanol–water partition coefficient (Wildman–Crippen LogP) is 5.03. The number of hydrogen-bond donors (Lipinski definition) is 0. The Morgan fingerprint density at radius 3 is 2.52 bits per heavy atom. The largest absolute Gasteiger partial charge is 0.494 e. The molecule has 2 rings (SSSR count). The summed E-state index contributed by atoms with van der Waals surface area (Å²) in [5.41, 5.74) is 2.33. The number of ketones is 1. The highest BCUT2D eigenvalue weighted by Gasteiger charge is 2.21. The van der Waals surface area contributed by atoms with Crippen LogP contribution in [0.15, 0.2) is 30.3 Å². The van der Waals surface area contributed by atoms with E-state index < -0.39 is 0 Å². The first kappa shape index (κ1) is 15.8. The molecule has 0 amide bonds. The summed E-state index contributed by atoms with van der Waals surface area (Å²) in [6, 6.07) is 8.16. The summed E-state index contributed by atoms with van der Waals surface area (Å²) in [6.07, 6.45) is 8.19. The van der Waals surface area contributed by atoms with Crippen molar-refractivity contribution in [1.82, 2.24) is 0 Å². The summed E-state index contributed by atoms with van der Waals surface area (Å²) < 4.78 is 5.67. The highest BCUT2D eigenvalue weighted by molar-refractivity contribution is 5.99. The van der Waals surface area contributed by atoms with Crippen LogP contribution in [-0.2, 0) is 4.79 Å². The van der Waals surface area contributed by atoms with Crippen LogP contribution in [-0.4, -0.2) is 12.4 Å². The Balaban J connectivity index is 1.99. The third-order valence-electron chi connectivity index (χ3n) is 4.11. The van der Waals surface area contributed by atoms with Crippen molar-refractivity contribution in [2.45, 2.75) is 52.4 Å². The molecule has 1 aliphatic rings. The first-order valence-corrected chi connectivity index (χ1v) is 8.22. The van der Waals surface area contributed by atoms with E-state index in [4.69, 9.17) is 4.74 Å². The minimum atomic E-state index is 0.246. The van der Waals surface area contributed by atoms with Crippen LogP contribution in [0.25, 0.3) is 5.57 Å². The SMILES string of the molecule is CCCCOc1ccc(C2=CC(=O)C(CCC)CC2)cc1. The van der Waals surface area contributed by atoms with Gasteiger partial charge in [0.15, 0.2) is 5.78 Å². The van der Waals surface area contributed by atoms with Gasteiger partial charge in [-0.25, -0.2) is 0 Å². The molecule has 1 aromatic rings. The van der Waals surface area contributed by atoms with E-state index in [0.29, 0.717) is 5.78 Å². The standard InChI is InChI=1S/C19H26O2/c1-3-5-13-21-18-11-9-15(10-12-18)17-8-7-16(6-4-2)19(20)14-17/h9-12,14,16H,3-8,13H2,1-2H3. The molecule has 1 unspecified atom stereocenters. The Morgan fingerprint density at radius 1 is 1.14 bits per heavy atom. The smallest absolute Gasteiger partial charge is 0.159 e. The van der Waals surface area contributed by atoms with E-state index in [-0.39, 0.29) is 5.92 Å². The lowest BCUT2D eigenvalue weighted by atomic mass is 9.83. The molecule has 114 valence electrons. The Bertz CT molecular complexity index is 485. The Hall–Kier alpha value is -1.57. The van der Waals surface area contributed by atoms with E-state index in [0.717, 1.165) is 56.4 Å². The van der Waals surface area contributed by atoms with Crippen LogP contribution in [0.5, 0.6) is 5.75 Å². The predicted molar refractivity (Wildman–Crippen MR) is 87.5 cm³/mol. The van der Waals surface area contributed by atoms with Gasteiger partial charge in [-0.15, -0.1) is 0 Å². The lowest BCUT2D eigenvalue weighted by molar-refractivity contribution is -0.118. The number of benzene rings is 1. The maximum Gasteiger partial charge on any atom is 0.159 e. The van der Waals surface area contributed by atoms with Gasteiger partial charge in [0.1, 0.15) is 5.75 Å². The molecule has 2 heteroatoms. The second-order valence-corrected chi connectivity index (χ2v) is 5.82. The maximum absolute atomic E-state index is 12.1. The zero-order valence-corrected chi connectivity index (χ0v) is 13.2. The normalized spacial score (nSPS) is 18.5. The van der Waals surface area contributed by atoms with Gasteiger partial charge in [-0.2, -0.15) is 0 Å². The number of unbranched alkanes of at least 4 members (excludes halogenated alkanes) is 1. The molecule has 1 aliphatic carbocycles. The zero-order chi connectivity index (χ0) is 15.1. The third-order valence-corrected chi connectivity index (χ3v) is 4.11. The van der Waals surface area contributed by atoms with Gasteiger partial charge in [0.2, 0.25) is 0 Å². The van der Waals surface area contributed by atoms with Crippen molar-refractivity contribution in [3.05, 3.63) is 35.9 Å². The number of carbonyl (C=O) groups excluding carboxylic acids is 1. The average Bonchev–Trinajstić information content (AvgIpc) is 2.50. The van der Waals surface area contributed by atoms with Crippen LogP contribution < -0.4 is 4.74 Å². The first-order chi connectivity index (χ1) is 10.2. The van der Waals surface area contributed by atoms with E-state index in [1.165, 1.54) is 5.57 Å². The quantitative estimate of drug-likeness (QED) is 0.657. The van der Waals surface area contributed by atoms with Crippen molar-refractivity contribution < 1.29 is 9.53 Å². The molecule has 0 bridgehead atoms. The van der Waals surface area contributed by atoms with Gasteiger partial charge >= 0.3 is 0 Å². The summed E-state index contributed by atoms with van der Waals surface area (Å²) in [4.78, 5) is 12.1. The molecule has 0 N–H and O–H groups in total. The van der Waals surface area contributed by atoms with Gasteiger partial charge in [0.05, 0.1) is 6.61 Å². The number of hydrogen-bond acceptors (Lipinski definition) is 2. The van der Waals surface area contributed by atoms with Crippen LogP contribution >= 0.6 is 0 Å². The molecule has 1 atom stereocenters. The van der Waals surface area contributed by atoms with Crippen LogP contribution in [0.3, 0.4) is 0 Å². The highest BCUT2D eigenvalue weighted by Crippen LogP contribution is 2.31. The van der Waals surface area contributed by atoms with Gasteiger partial charge < -0.3 is 4.74 Å². The molecule has 0 aliphatic heterocycles. The Kier molecular flexibility index (Phi) is 6.04. The van der Waals surface area contributed by atoms with E-state index in [9.17, 15) is 4.79 Å². The zero-order valence-electron chi connectivity index (χ0n) is 13.2. The van der Waals surface area contributed by atoms with Crippen LogP contribution in [0.1, 0.15) is 57.9 Å². The molecule has 2 nitrogen and oxygen atoms in total. The van der Waals surface area contributed by atoms with Crippen LogP contribution in [0, 0.1) is 5.92 Å². The lowest BCUT2D eigenvalue weighted by Gasteiger charge is -2.20. The van der Waals surface area contributed by atoms with Crippen LogP contribution in [0.2, 0.25) is 0 Å². The van der Waals surface area contributed by atoms with Crippen molar-refractivity contribution in [3.8, 4) is 5.75 Å². The minimum Gasteiger partial charge on any atom is -0.494 e. The monoisotopic (exact) mass is 286 g/mol. The molecular formula is C19H26O2. The van der Waals surface area contributed by atoms with Crippen molar-refractivity contribution >= 4 is 11.4 Å². The average molecular weight is 286 g/mol. The minimum absolute atomic E-state index is 0.246. The summed E-state index contributed by atoms with van der Waals surface area (Å²) in [5, 5.41) is 0. The van der Waals surface area contributed by atoms with Gasteiger partial charge in [-0.3, -0.25) is 4.79 Å². The van der Waals surface area contributed by atoms with E-state index in [1.54, 1.807) is 0 Å². The van der Waals surface area contributed by atoms with E-state index in [1.807, 2.05) is 18.2 Å². The Morgan fingerprint density at radius 2 is 1.90 bits per heavy atom. The Labute approximate surface area is 128 Å². The molecule has 21 heavy (non-hydrogen) atoms. The molecular weight excluding hydrogens is 260 g/mol. The lowest BCUT2D eigenvalue weighted by Crippen LogP contribution is -2.16. The number of ether oxygens (including phenoxy) is 1. The molecule has 0 saturated heterocycles. The molecule has 0 heterocycles. The van der Waals surface area contributed by atoms with E-state index >= 15 is 0 Å². The molecule has 0 spiro atoms. The fourth-order valence-corrected chi connectivity index (χ4v) is 2.80. The molecule has 0 saturated carbocycles.